The Morgan fingerprint density at radius 1 is 0.952 bits per heavy atom. The Hall–Kier alpha value is -2.68. The van der Waals surface area contributed by atoms with Gasteiger partial charge in [0.15, 0.2) is 0 Å². The molecule has 0 bridgehead atoms. The Morgan fingerprint density at radius 3 is 2.57 bits per heavy atom. The van der Waals surface area contributed by atoms with Crippen molar-refractivity contribution in [2.24, 2.45) is 0 Å². The molecule has 3 heteroatoms. The lowest BCUT2D eigenvalue weighted by atomic mass is 10.2. The SMILES string of the molecule is O=CCc1ccc(OCc2ccc3ccccc3n2)cc1. The molecule has 0 N–H and O–H groups in total. The Balaban J connectivity index is 1.69. The highest BCUT2D eigenvalue weighted by atomic mass is 16.5. The zero-order chi connectivity index (χ0) is 14.5. The zero-order valence-corrected chi connectivity index (χ0v) is 11.5. The standard InChI is InChI=1S/C18H15NO2/c20-12-11-14-5-9-17(10-6-14)21-13-16-8-7-15-3-1-2-4-18(15)19-16/h1-10,12H,11,13H2. The summed E-state index contributed by atoms with van der Waals surface area (Å²) in [7, 11) is 0. The molecule has 0 unspecified atom stereocenters. The van der Waals surface area contributed by atoms with Crippen molar-refractivity contribution in [2.75, 3.05) is 0 Å². The van der Waals surface area contributed by atoms with Crippen LogP contribution in [0.25, 0.3) is 10.9 Å². The molecule has 0 spiro atoms. The number of aromatic nitrogens is 1. The van der Waals surface area contributed by atoms with Gasteiger partial charge in [0.25, 0.3) is 0 Å². The predicted octanol–water partition coefficient (Wildman–Crippen LogP) is 3.56. The molecule has 0 saturated carbocycles. The fraction of sp³-hybridized carbons (Fsp3) is 0.111. The van der Waals surface area contributed by atoms with Crippen molar-refractivity contribution in [3.05, 3.63) is 71.9 Å². The molecule has 0 fully saturated rings. The van der Waals surface area contributed by atoms with Gasteiger partial charge in [-0.2, -0.15) is 0 Å². The van der Waals surface area contributed by atoms with Crippen LogP contribution in [0.2, 0.25) is 0 Å². The number of nitrogens with zero attached hydrogens (tertiary/aromatic N) is 1. The quantitative estimate of drug-likeness (QED) is 0.669. The molecule has 3 aromatic rings. The van der Waals surface area contributed by atoms with Crippen molar-refractivity contribution in [1.29, 1.82) is 0 Å². The van der Waals surface area contributed by atoms with Crippen LogP contribution in [-0.2, 0) is 17.8 Å². The summed E-state index contributed by atoms with van der Waals surface area (Å²) >= 11 is 0. The van der Waals surface area contributed by atoms with Crippen LogP contribution in [0, 0.1) is 0 Å². The first-order chi connectivity index (χ1) is 10.3. The number of aldehydes is 1. The van der Waals surface area contributed by atoms with Crippen LogP contribution in [0.3, 0.4) is 0 Å². The van der Waals surface area contributed by atoms with E-state index in [1.165, 1.54) is 0 Å². The van der Waals surface area contributed by atoms with Gasteiger partial charge in [-0.1, -0.05) is 36.4 Å². The number of fused-ring (bicyclic) bond motifs is 1. The molecule has 104 valence electrons. The van der Waals surface area contributed by atoms with Crippen LogP contribution in [0.5, 0.6) is 5.75 Å². The van der Waals surface area contributed by atoms with Crippen molar-refractivity contribution in [1.82, 2.24) is 4.98 Å². The first kappa shape index (κ1) is 13.3. The van der Waals surface area contributed by atoms with E-state index in [4.69, 9.17) is 4.74 Å². The van der Waals surface area contributed by atoms with Crippen LogP contribution in [0.15, 0.2) is 60.7 Å². The van der Waals surface area contributed by atoms with Gasteiger partial charge in [-0.05, 0) is 29.8 Å². The predicted molar refractivity (Wildman–Crippen MR) is 82.3 cm³/mol. The van der Waals surface area contributed by atoms with Crippen molar-refractivity contribution < 1.29 is 9.53 Å². The number of hydrogen-bond donors (Lipinski definition) is 0. The minimum Gasteiger partial charge on any atom is -0.487 e. The molecular formula is C18H15NO2. The average Bonchev–Trinajstić information content (AvgIpc) is 2.54. The highest BCUT2D eigenvalue weighted by molar-refractivity contribution is 5.78. The molecule has 0 aliphatic heterocycles. The highest BCUT2D eigenvalue weighted by Gasteiger charge is 2.00. The number of ether oxygens (including phenoxy) is 1. The molecule has 0 aliphatic carbocycles. The Kier molecular flexibility index (Phi) is 3.92. The third kappa shape index (κ3) is 3.26. The van der Waals surface area contributed by atoms with E-state index in [1.54, 1.807) is 0 Å². The molecule has 0 atom stereocenters. The third-order valence-electron chi connectivity index (χ3n) is 3.29. The second kappa shape index (κ2) is 6.18. The number of carbonyl (C=O) groups excluding carboxylic acids is 1. The summed E-state index contributed by atoms with van der Waals surface area (Å²) in [5.41, 5.74) is 2.85. The van der Waals surface area contributed by atoms with E-state index < -0.39 is 0 Å². The van der Waals surface area contributed by atoms with Crippen molar-refractivity contribution in [3.8, 4) is 5.75 Å². The van der Waals surface area contributed by atoms with Crippen LogP contribution in [-0.4, -0.2) is 11.3 Å². The number of rotatable bonds is 5. The van der Waals surface area contributed by atoms with E-state index in [2.05, 4.69) is 4.98 Å². The van der Waals surface area contributed by atoms with Gasteiger partial charge in [0.2, 0.25) is 0 Å². The number of benzene rings is 2. The summed E-state index contributed by atoms with van der Waals surface area (Å²) in [4.78, 5) is 15.0. The molecule has 3 nitrogen and oxygen atoms in total. The molecule has 1 aromatic heterocycles. The van der Waals surface area contributed by atoms with E-state index >= 15 is 0 Å². The van der Waals surface area contributed by atoms with Gasteiger partial charge in [-0.3, -0.25) is 0 Å². The molecule has 0 amide bonds. The van der Waals surface area contributed by atoms with Gasteiger partial charge in [0.05, 0.1) is 11.2 Å². The third-order valence-corrected chi connectivity index (χ3v) is 3.29. The number of para-hydroxylation sites is 1. The van der Waals surface area contributed by atoms with Crippen LogP contribution < -0.4 is 4.74 Å². The van der Waals surface area contributed by atoms with E-state index in [0.717, 1.165) is 34.2 Å². The zero-order valence-electron chi connectivity index (χ0n) is 11.5. The second-order valence-corrected chi connectivity index (χ2v) is 4.80. The molecule has 21 heavy (non-hydrogen) atoms. The van der Waals surface area contributed by atoms with Crippen molar-refractivity contribution in [3.63, 3.8) is 0 Å². The highest BCUT2D eigenvalue weighted by Crippen LogP contribution is 2.16. The van der Waals surface area contributed by atoms with Crippen LogP contribution in [0.4, 0.5) is 0 Å². The topological polar surface area (TPSA) is 39.2 Å². The maximum Gasteiger partial charge on any atom is 0.130 e. The normalized spacial score (nSPS) is 10.5. The van der Waals surface area contributed by atoms with Gasteiger partial charge < -0.3 is 9.53 Å². The fourth-order valence-electron chi connectivity index (χ4n) is 2.16. The minimum atomic E-state index is 0.428. The monoisotopic (exact) mass is 277 g/mol. The Morgan fingerprint density at radius 2 is 1.76 bits per heavy atom. The number of hydrogen-bond acceptors (Lipinski definition) is 3. The molecule has 3 rings (SSSR count). The first-order valence-corrected chi connectivity index (χ1v) is 6.85. The summed E-state index contributed by atoms with van der Waals surface area (Å²) in [6.07, 6.45) is 1.33. The number of pyridine rings is 1. The molecule has 0 saturated heterocycles. The molecule has 1 heterocycles. The summed E-state index contributed by atoms with van der Waals surface area (Å²) in [5.74, 6) is 0.777. The van der Waals surface area contributed by atoms with Gasteiger partial charge in [0, 0.05) is 11.8 Å². The van der Waals surface area contributed by atoms with Crippen molar-refractivity contribution in [2.45, 2.75) is 13.0 Å². The summed E-state index contributed by atoms with van der Waals surface area (Å²) < 4.78 is 5.72. The van der Waals surface area contributed by atoms with E-state index in [9.17, 15) is 4.79 Å². The summed E-state index contributed by atoms with van der Waals surface area (Å²) in [6, 6.07) is 19.6. The average molecular weight is 277 g/mol. The summed E-state index contributed by atoms with van der Waals surface area (Å²) in [6.45, 7) is 0.428. The van der Waals surface area contributed by atoms with Gasteiger partial charge in [-0.15, -0.1) is 0 Å². The van der Waals surface area contributed by atoms with E-state index in [1.807, 2.05) is 60.7 Å². The molecule has 0 radical (unpaired) electrons. The number of carbonyl (C=O) groups is 1. The lowest BCUT2D eigenvalue weighted by Gasteiger charge is -2.07. The minimum absolute atomic E-state index is 0.428. The maximum absolute atomic E-state index is 10.4. The smallest absolute Gasteiger partial charge is 0.130 e. The lowest BCUT2D eigenvalue weighted by Crippen LogP contribution is -1.98. The molecular weight excluding hydrogens is 262 g/mol. The van der Waals surface area contributed by atoms with Crippen molar-refractivity contribution >= 4 is 17.2 Å². The summed E-state index contributed by atoms with van der Waals surface area (Å²) in [5, 5.41) is 1.12. The molecule has 0 aliphatic rings. The van der Waals surface area contributed by atoms with Crippen LogP contribution in [0.1, 0.15) is 11.3 Å². The van der Waals surface area contributed by atoms with Gasteiger partial charge >= 0.3 is 0 Å². The van der Waals surface area contributed by atoms with Gasteiger partial charge in [0.1, 0.15) is 18.6 Å². The first-order valence-electron chi connectivity index (χ1n) is 6.85. The maximum atomic E-state index is 10.4. The largest absolute Gasteiger partial charge is 0.487 e. The molecule has 2 aromatic carbocycles. The van der Waals surface area contributed by atoms with E-state index in [-0.39, 0.29) is 0 Å². The van der Waals surface area contributed by atoms with Gasteiger partial charge in [-0.25, -0.2) is 4.98 Å². The Bertz CT molecular complexity index is 751. The Labute approximate surface area is 123 Å². The van der Waals surface area contributed by atoms with E-state index in [0.29, 0.717) is 13.0 Å². The van der Waals surface area contributed by atoms with Crippen LogP contribution >= 0.6 is 0 Å². The second-order valence-electron chi connectivity index (χ2n) is 4.80. The fourth-order valence-corrected chi connectivity index (χ4v) is 2.16. The lowest BCUT2D eigenvalue weighted by molar-refractivity contribution is -0.107.